The summed E-state index contributed by atoms with van der Waals surface area (Å²) in [4.78, 5) is 12.2. The Bertz CT molecular complexity index is 1160. The predicted molar refractivity (Wildman–Crippen MR) is 118 cm³/mol. The molecule has 0 saturated carbocycles. The summed E-state index contributed by atoms with van der Waals surface area (Å²) >= 11 is 4.29. The van der Waals surface area contributed by atoms with Crippen LogP contribution in [-0.4, -0.2) is 54.5 Å². The van der Waals surface area contributed by atoms with Gasteiger partial charge in [0.15, 0.2) is 15.8 Å². The van der Waals surface area contributed by atoms with E-state index >= 15 is 0 Å². The van der Waals surface area contributed by atoms with Gasteiger partial charge in [0.05, 0.1) is 12.9 Å². The van der Waals surface area contributed by atoms with Gasteiger partial charge in [0.2, 0.25) is 11.0 Å². The maximum absolute atomic E-state index is 12.2. The molecule has 1 amide bonds. The Labute approximate surface area is 184 Å². The SMILES string of the molecule is CCSc1nnc(NC(=O)CSc2ccc3nnc(-c4ccc(OC)cc4)n3n2)s1. The molecule has 1 aromatic carbocycles. The Morgan fingerprint density at radius 3 is 2.70 bits per heavy atom. The molecule has 12 heteroatoms. The summed E-state index contributed by atoms with van der Waals surface area (Å²) in [6, 6.07) is 11.2. The van der Waals surface area contributed by atoms with E-state index in [1.165, 1.54) is 23.1 Å². The fourth-order valence-corrected chi connectivity index (χ4v) is 4.83. The van der Waals surface area contributed by atoms with Crippen molar-refractivity contribution in [3.05, 3.63) is 36.4 Å². The van der Waals surface area contributed by atoms with Crippen molar-refractivity contribution in [1.29, 1.82) is 0 Å². The number of amides is 1. The van der Waals surface area contributed by atoms with Crippen LogP contribution < -0.4 is 10.1 Å². The number of carbonyl (C=O) groups excluding carboxylic acids is 1. The number of ether oxygens (including phenoxy) is 1. The number of methoxy groups -OCH3 is 1. The lowest BCUT2D eigenvalue weighted by Crippen LogP contribution is -2.14. The first-order valence-electron chi connectivity index (χ1n) is 8.92. The van der Waals surface area contributed by atoms with Crippen LogP contribution in [0.4, 0.5) is 5.13 Å². The summed E-state index contributed by atoms with van der Waals surface area (Å²) in [5.74, 6) is 2.33. The lowest BCUT2D eigenvalue weighted by molar-refractivity contribution is -0.113. The van der Waals surface area contributed by atoms with Crippen molar-refractivity contribution < 1.29 is 9.53 Å². The van der Waals surface area contributed by atoms with E-state index in [2.05, 4.69) is 30.8 Å². The highest BCUT2D eigenvalue weighted by atomic mass is 32.2. The molecule has 154 valence electrons. The lowest BCUT2D eigenvalue weighted by atomic mass is 10.2. The maximum atomic E-state index is 12.2. The topological polar surface area (TPSA) is 107 Å². The highest BCUT2D eigenvalue weighted by Gasteiger charge is 2.13. The molecular formula is C18H17N7O2S3. The second-order valence-corrected chi connectivity index (χ2v) is 9.32. The van der Waals surface area contributed by atoms with Crippen LogP contribution in [-0.2, 0) is 4.79 Å². The standard InChI is InChI=1S/C18H17N7O2S3/c1-3-28-18-23-22-17(30-18)19-14(26)10-29-15-9-8-13-20-21-16(25(13)24-15)11-4-6-12(27-2)7-5-11/h4-9H,3,10H2,1-2H3,(H,19,22,26). The molecule has 0 bridgehead atoms. The third-order valence-corrected chi connectivity index (χ3v) is 6.63. The van der Waals surface area contributed by atoms with Crippen molar-refractivity contribution in [2.45, 2.75) is 16.3 Å². The number of thioether (sulfide) groups is 2. The molecule has 0 saturated heterocycles. The Balaban J connectivity index is 1.44. The van der Waals surface area contributed by atoms with Gasteiger partial charge in [-0.1, -0.05) is 41.8 Å². The van der Waals surface area contributed by atoms with E-state index in [0.29, 0.717) is 21.6 Å². The zero-order chi connectivity index (χ0) is 20.9. The van der Waals surface area contributed by atoms with Crippen LogP contribution >= 0.6 is 34.9 Å². The van der Waals surface area contributed by atoms with Gasteiger partial charge in [-0.2, -0.15) is 9.61 Å². The van der Waals surface area contributed by atoms with E-state index < -0.39 is 0 Å². The van der Waals surface area contributed by atoms with Gasteiger partial charge in [0, 0.05) is 5.56 Å². The highest BCUT2D eigenvalue weighted by Crippen LogP contribution is 2.26. The monoisotopic (exact) mass is 459 g/mol. The van der Waals surface area contributed by atoms with Crippen LogP contribution in [0.2, 0.25) is 0 Å². The Hall–Kier alpha value is -2.70. The summed E-state index contributed by atoms with van der Waals surface area (Å²) < 4.78 is 7.70. The van der Waals surface area contributed by atoms with E-state index in [1.807, 2.05) is 43.3 Å². The summed E-state index contributed by atoms with van der Waals surface area (Å²) in [6.07, 6.45) is 0. The second kappa shape index (κ2) is 9.41. The molecule has 4 aromatic rings. The van der Waals surface area contributed by atoms with Gasteiger partial charge < -0.3 is 4.74 Å². The quantitative estimate of drug-likeness (QED) is 0.313. The molecule has 0 aliphatic rings. The highest BCUT2D eigenvalue weighted by molar-refractivity contribution is 8.01. The Kier molecular flexibility index (Phi) is 6.45. The molecule has 3 aromatic heterocycles. The number of benzene rings is 1. The van der Waals surface area contributed by atoms with E-state index in [4.69, 9.17) is 4.74 Å². The average molecular weight is 460 g/mol. The first-order valence-corrected chi connectivity index (χ1v) is 11.7. The van der Waals surface area contributed by atoms with E-state index in [1.54, 1.807) is 23.4 Å². The van der Waals surface area contributed by atoms with Gasteiger partial charge in [-0.3, -0.25) is 10.1 Å². The smallest absolute Gasteiger partial charge is 0.236 e. The molecule has 0 radical (unpaired) electrons. The van der Waals surface area contributed by atoms with Crippen LogP contribution in [0.3, 0.4) is 0 Å². The fraction of sp³-hybridized carbons (Fsp3) is 0.222. The minimum Gasteiger partial charge on any atom is -0.497 e. The minimum atomic E-state index is -0.162. The number of carbonyl (C=O) groups is 1. The first kappa shape index (κ1) is 20.6. The zero-order valence-corrected chi connectivity index (χ0v) is 18.6. The van der Waals surface area contributed by atoms with Crippen molar-refractivity contribution in [3.63, 3.8) is 0 Å². The normalized spacial score (nSPS) is 11.0. The minimum absolute atomic E-state index is 0.162. The molecule has 0 unspecified atom stereocenters. The third-order valence-electron chi connectivity index (χ3n) is 3.86. The van der Waals surface area contributed by atoms with Crippen molar-refractivity contribution in [1.82, 2.24) is 30.0 Å². The van der Waals surface area contributed by atoms with Crippen LogP contribution in [0.1, 0.15) is 6.92 Å². The Morgan fingerprint density at radius 2 is 1.93 bits per heavy atom. The van der Waals surface area contributed by atoms with Gasteiger partial charge in [-0.15, -0.1) is 20.4 Å². The second-order valence-electron chi connectivity index (χ2n) is 5.84. The molecule has 0 fully saturated rings. The molecule has 0 atom stereocenters. The number of fused-ring (bicyclic) bond motifs is 1. The average Bonchev–Trinajstić information content (AvgIpc) is 3.39. The molecule has 0 aliphatic carbocycles. The molecule has 9 nitrogen and oxygen atoms in total. The van der Waals surface area contributed by atoms with Crippen LogP contribution in [0, 0.1) is 0 Å². The predicted octanol–water partition coefficient (Wildman–Crippen LogP) is 3.49. The summed E-state index contributed by atoms with van der Waals surface area (Å²) in [7, 11) is 1.62. The Morgan fingerprint density at radius 1 is 1.10 bits per heavy atom. The van der Waals surface area contributed by atoms with Gasteiger partial charge >= 0.3 is 0 Å². The largest absolute Gasteiger partial charge is 0.497 e. The summed E-state index contributed by atoms with van der Waals surface area (Å²) in [5.41, 5.74) is 1.50. The fourth-order valence-electron chi connectivity index (χ4n) is 2.51. The van der Waals surface area contributed by atoms with Crippen molar-refractivity contribution in [3.8, 4) is 17.1 Å². The van der Waals surface area contributed by atoms with Gasteiger partial charge in [0.1, 0.15) is 10.8 Å². The number of hydrogen-bond acceptors (Lipinski definition) is 10. The number of hydrogen-bond donors (Lipinski definition) is 1. The van der Waals surface area contributed by atoms with Crippen molar-refractivity contribution in [2.75, 3.05) is 23.9 Å². The van der Waals surface area contributed by atoms with E-state index in [9.17, 15) is 4.79 Å². The first-order chi connectivity index (χ1) is 14.7. The molecule has 1 N–H and O–H groups in total. The summed E-state index contributed by atoms with van der Waals surface area (Å²) in [5, 5.41) is 24.9. The van der Waals surface area contributed by atoms with Crippen LogP contribution in [0.5, 0.6) is 5.75 Å². The van der Waals surface area contributed by atoms with E-state index in [0.717, 1.165) is 21.4 Å². The maximum Gasteiger partial charge on any atom is 0.236 e. The lowest BCUT2D eigenvalue weighted by Gasteiger charge is -2.04. The number of nitrogens with zero attached hydrogens (tertiary/aromatic N) is 6. The van der Waals surface area contributed by atoms with Crippen LogP contribution in [0.25, 0.3) is 17.0 Å². The van der Waals surface area contributed by atoms with Gasteiger partial charge in [-0.05, 0) is 42.2 Å². The molecular weight excluding hydrogens is 442 g/mol. The van der Waals surface area contributed by atoms with Crippen LogP contribution in [0.15, 0.2) is 45.8 Å². The number of anilines is 1. The molecule has 0 aliphatic heterocycles. The number of rotatable bonds is 8. The van der Waals surface area contributed by atoms with Crippen molar-refractivity contribution in [2.24, 2.45) is 0 Å². The van der Waals surface area contributed by atoms with Crippen molar-refractivity contribution >= 4 is 51.5 Å². The summed E-state index contributed by atoms with van der Waals surface area (Å²) in [6.45, 7) is 2.04. The molecule has 4 rings (SSSR count). The van der Waals surface area contributed by atoms with Gasteiger partial charge in [-0.25, -0.2) is 0 Å². The number of nitrogens with one attached hydrogen (secondary N) is 1. The van der Waals surface area contributed by atoms with Gasteiger partial charge in [0.25, 0.3) is 0 Å². The third kappa shape index (κ3) is 4.71. The molecule has 3 heterocycles. The van der Waals surface area contributed by atoms with E-state index in [-0.39, 0.29) is 11.7 Å². The zero-order valence-electron chi connectivity index (χ0n) is 16.1. The number of aromatic nitrogens is 6. The molecule has 30 heavy (non-hydrogen) atoms. The molecule has 0 spiro atoms.